The maximum Gasteiger partial charge on any atom is 0.573 e. The number of aromatic nitrogens is 4. The second-order valence-electron chi connectivity index (χ2n) is 8.86. The molecule has 3 N–H and O–H groups in total. The highest BCUT2D eigenvalue weighted by atomic mass is 19.4. The van der Waals surface area contributed by atoms with Gasteiger partial charge >= 0.3 is 6.36 Å². The van der Waals surface area contributed by atoms with Gasteiger partial charge in [-0.05, 0) is 43.5 Å². The summed E-state index contributed by atoms with van der Waals surface area (Å²) in [5.41, 5.74) is 5.20. The number of anilines is 1. The van der Waals surface area contributed by atoms with E-state index in [9.17, 15) is 22.8 Å². The van der Waals surface area contributed by atoms with Crippen LogP contribution in [0.15, 0.2) is 60.8 Å². The molecule has 4 rings (SSSR count). The average molecular weight is 560 g/mol. The van der Waals surface area contributed by atoms with Gasteiger partial charge in [-0.25, -0.2) is 4.98 Å². The number of likely N-dealkylation sites (N-methyl/N-ethyl adjacent to an activating group) is 2. The minimum atomic E-state index is -4.79. The Morgan fingerprint density at radius 3 is 2.65 bits per heavy atom. The molecule has 0 fully saturated rings. The molecule has 15 heteroatoms. The van der Waals surface area contributed by atoms with E-state index >= 15 is 0 Å². The Morgan fingerprint density at radius 2 is 1.93 bits per heavy atom. The number of nitrogens with zero attached hydrogens (tertiary/aromatic N) is 6. The first kappa shape index (κ1) is 28.4. The van der Waals surface area contributed by atoms with Crippen LogP contribution in [0.4, 0.5) is 19.0 Å². The molecule has 2 aromatic heterocycles. The highest BCUT2D eigenvalue weighted by Crippen LogP contribution is 2.24. The van der Waals surface area contributed by atoms with Crippen LogP contribution in [0.1, 0.15) is 24.2 Å². The summed E-state index contributed by atoms with van der Waals surface area (Å²) < 4.78 is 42.9. The smallest absolute Gasteiger partial charge is 0.406 e. The maximum atomic E-state index is 12.5. The van der Waals surface area contributed by atoms with Crippen molar-refractivity contribution >= 4 is 17.6 Å². The molecule has 0 unspecified atom stereocenters. The Balaban J connectivity index is 1.21. The monoisotopic (exact) mass is 559 g/mol. The highest BCUT2D eigenvalue weighted by molar-refractivity contribution is 5.92. The number of halogens is 3. The Labute approximate surface area is 227 Å². The molecule has 0 atom stereocenters. The number of ether oxygens (including phenoxy) is 1. The lowest BCUT2D eigenvalue weighted by molar-refractivity contribution is -0.274. The van der Waals surface area contributed by atoms with Crippen LogP contribution in [0.2, 0.25) is 0 Å². The minimum Gasteiger partial charge on any atom is -0.406 e. The Kier molecular flexibility index (Phi) is 8.83. The van der Waals surface area contributed by atoms with Crippen LogP contribution in [0.25, 0.3) is 5.69 Å². The molecule has 1 aliphatic heterocycles. The van der Waals surface area contributed by atoms with Crippen LogP contribution in [0.3, 0.4) is 0 Å². The molecular weight excluding hydrogens is 531 g/mol. The van der Waals surface area contributed by atoms with Crippen molar-refractivity contribution in [1.82, 2.24) is 40.6 Å². The van der Waals surface area contributed by atoms with Crippen LogP contribution in [0, 0.1) is 0 Å². The van der Waals surface area contributed by atoms with Crippen molar-refractivity contribution in [3.05, 3.63) is 72.2 Å². The summed E-state index contributed by atoms with van der Waals surface area (Å²) in [7, 11) is 3.35. The summed E-state index contributed by atoms with van der Waals surface area (Å²) in [6, 6.07) is 8.89. The van der Waals surface area contributed by atoms with E-state index in [-0.39, 0.29) is 24.0 Å². The van der Waals surface area contributed by atoms with Crippen molar-refractivity contribution in [1.29, 1.82) is 0 Å². The van der Waals surface area contributed by atoms with E-state index in [0.717, 1.165) is 18.5 Å². The lowest BCUT2D eigenvalue weighted by Gasteiger charge is -2.20. The van der Waals surface area contributed by atoms with Gasteiger partial charge in [-0.3, -0.25) is 19.6 Å². The number of hydrogen-bond donors (Lipinski definition) is 3. The molecule has 2 amide bonds. The van der Waals surface area contributed by atoms with Crippen LogP contribution < -0.4 is 20.9 Å². The summed E-state index contributed by atoms with van der Waals surface area (Å²) >= 11 is 0. The molecule has 3 heterocycles. The van der Waals surface area contributed by atoms with Gasteiger partial charge in [0.05, 0.1) is 29.8 Å². The lowest BCUT2D eigenvalue weighted by atomic mass is 10.2. The van der Waals surface area contributed by atoms with E-state index in [1.807, 2.05) is 5.01 Å². The van der Waals surface area contributed by atoms with Crippen LogP contribution in [0.5, 0.6) is 5.75 Å². The molecule has 0 radical (unpaired) electrons. The zero-order valence-electron chi connectivity index (χ0n) is 21.8. The standard InChI is InChI=1S/C25H28F3N9O3/c1-29-24(39)21-15-37(34-35(21)2)11-4-3-6-17-9-10-22(33-32-17)31-23(38)12-18-14-36(16-30-18)19-7-5-8-20(13-19)40-25(26,27)28/h5,7-10,13-16,34H,3-4,6,11-12H2,1-2H3,(H,29,39)(H,31,33,38). The average Bonchev–Trinajstić information content (AvgIpc) is 3.52. The zero-order valence-corrected chi connectivity index (χ0v) is 21.8. The zero-order chi connectivity index (χ0) is 28.7. The van der Waals surface area contributed by atoms with Crippen molar-refractivity contribution in [3.8, 4) is 11.4 Å². The number of alkyl halides is 3. The van der Waals surface area contributed by atoms with Crippen LogP contribution in [-0.2, 0) is 22.4 Å². The van der Waals surface area contributed by atoms with Gasteiger partial charge < -0.3 is 19.9 Å². The first-order valence-electron chi connectivity index (χ1n) is 12.3. The number of unbranched alkanes of at least 4 members (excludes halogenated alkanes) is 1. The number of carbonyl (C=O) groups is 2. The molecule has 0 aliphatic carbocycles. The number of benzene rings is 1. The number of carbonyl (C=O) groups excluding carboxylic acids is 2. The first-order valence-corrected chi connectivity index (χ1v) is 12.3. The number of aryl methyl sites for hydroxylation is 1. The fourth-order valence-corrected chi connectivity index (χ4v) is 3.90. The number of imidazole rings is 1. The number of amides is 2. The van der Waals surface area contributed by atoms with Gasteiger partial charge in [0, 0.05) is 39.1 Å². The molecule has 1 aromatic carbocycles. The number of hydrazine groups is 2. The van der Waals surface area contributed by atoms with E-state index in [2.05, 4.69) is 36.1 Å². The number of nitrogens with one attached hydrogen (secondary N) is 3. The number of rotatable bonds is 11. The normalized spacial score (nSPS) is 13.3. The van der Waals surface area contributed by atoms with Crippen LogP contribution in [-0.4, -0.2) is 68.6 Å². The van der Waals surface area contributed by atoms with Crippen molar-refractivity contribution in [2.45, 2.75) is 32.0 Å². The van der Waals surface area contributed by atoms with E-state index in [0.29, 0.717) is 35.9 Å². The maximum absolute atomic E-state index is 12.5. The second-order valence-corrected chi connectivity index (χ2v) is 8.86. The summed E-state index contributed by atoms with van der Waals surface area (Å²) in [6.45, 7) is 0.703. The summed E-state index contributed by atoms with van der Waals surface area (Å²) in [6.07, 6.45) is 2.24. The van der Waals surface area contributed by atoms with Crippen molar-refractivity contribution in [2.75, 3.05) is 26.0 Å². The molecule has 3 aromatic rings. The van der Waals surface area contributed by atoms with Gasteiger partial charge in [0.15, 0.2) is 5.82 Å². The quantitative estimate of drug-likeness (QED) is 0.303. The predicted molar refractivity (Wildman–Crippen MR) is 137 cm³/mol. The molecule has 0 spiro atoms. The molecular formula is C25H28F3N9O3. The van der Waals surface area contributed by atoms with Gasteiger partial charge in [0.1, 0.15) is 11.4 Å². The van der Waals surface area contributed by atoms with Gasteiger partial charge in [-0.1, -0.05) is 6.07 Å². The van der Waals surface area contributed by atoms with Gasteiger partial charge in [0.2, 0.25) is 5.91 Å². The number of hydrogen-bond acceptors (Lipinski definition) is 9. The van der Waals surface area contributed by atoms with Crippen LogP contribution >= 0.6 is 0 Å². The molecule has 0 saturated carbocycles. The Hall–Kier alpha value is -4.66. The van der Waals surface area contributed by atoms with Gasteiger partial charge in [-0.2, -0.15) is 5.10 Å². The third-order valence-electron chi connectivity index (χ3n) is 5.77. The van der Waals surface area contributed by atoms with E-state index < -0.39 is 6.36 Å². The topological polar surface area (TPSA) is 130 Å². The minimum absolute atomic E-state index is 0.0645. The Bertz CT molecular complexity index is 1360. The second kappa shape index (κ2) is 12.5. The molecule has 1 aliphatic rings. The third-order valence-corrected chi connectivity index (χ3v) is 5.77. The Morgan fingerprint density at radius 1 is 1.10 bits per heavy atom. The summed E-state index contributed by atoms with van der Waals surface area (Å²) in [5, 5.41) is 17.0. The molecule has 212 valence electrons. The molecule has 0 saturated heterocycles. The van der Waals surface area contributed by atoms with E-state index in [1.165, 1.54) is 29.1 Å². The van der Waals surface area contributed by atoms with E-state index in [1.54, 1.807) is 49.7 Å². The van der Waals surface area contributed by atoms with Gasteiger partial charge in [-0.15, -0.1) is 23.8 Å². The SMILES string of the molecule is CNC(=O)C1=CN(CCCCc2ccc(NC(=O)Cc3cn(-c4cccc(OC(F)(F)F)c4)cn3)nn2)NN1C. The largest absolute Gasteiger partial charge is 0.573 e. The third kappa shape index (κ3) is 7.92. The fourth-order valence-electron chi connectivity index (χ4n) is 3.90. The van der Waals surface area contributed by atoms with Crippen molar-refractivity contribution in [3.63, 3.8) is 0 Å². The fraction of sp³-hybridized carbons (Fsp3) is 0.320. The molecule has 40 heavy (non-hydrogen) atoms. The summed E-state index contributed by atoms with van der Waals surface area (Å²) in [4.78, 5) is 28.4. The van der Waals surface area contributed by atoms with Gasteiger partial charge in [0.25, 0.3) is 5.91 Å². The van der Waals surface area contributed by atoms with E-state index in [4.69, 9.17) is 0 Å². The van der Waals surface area contributed by atoms with Crippen molar-refractivity contribution < 1.29 is 27.5 Å². The summed E-state index contributed by atoms with van der Waals surface area (Å²) in [5.74, 6) is -0.598. The predicted octanol–water partition coefficient (Wildman–Crippen LogP) is 2.32. The van der Waals surface area contributed by atoms with Crippen molar-refractivity contribution in [2.24, 2.45) is 0 Å². The first-order chi connectivity index (χ1) is 19.1. The molecule has 12 nitrogen and oxygen atoms in total. The highest BCUT2D eigenvalue weighted by Gasteiger charge is 2.31. The molecule has 0 bridgehead atoms. The lowest BCUT2D eigenvalue weighted by Crippen LogP contribution is -2.40.